The minimum Gasteiger partial charge on any atom is -0.437 e. The van der Waals surface area contributed by atoms with Crippen molar-refractivity contribution in [1.29, 1.82) is 0 Å². The number of nitrogen functional groups attached to an aromatic ring is 1. The first-order chi connectivity index (χ1) is 8.06. The van der Waals surface area contributed by atoms with Crippen molar-refractivity contribution >= 4 is 5.69 Å². The van der Waals surface area contributed by atoms with Gasteiger partial charge in [-0.3, -0.25) is 0 Å². The van der Waals surface area contributed by atoms with Gasteiger partial charge in [-0.25, -0.2) is 9.37 Å². The van der Waals surface area contributed by atoms with Gasteiger partial charge in [-0.1, -0.05) is 0 Å². The summed E-state index contributed by atoms with van der Waals surface area (Å²) in [6.07, 6.45) is 1.67. The van der Waals surface area contributed by atoms with Crippen molar-refractivity contribution in [1.82, 2.24) is 4.98 Å². The van der Waals surface area contributed by atoms with Gasteiger partial charge in [0, 0.05) is 6.20 Å². The molecule has 0 fully saturated rings. The third kappa shape index (κ3) is 2.53. The predicted molar refractivity (Wildman–Crippen MR) is 64.6 cm³/mol. The monoisotopic (exact) mass is 232 g/mol. The van der Waals surface area contributed by atoms with Gasteiger partial charge in [-0.2, -0.15) is 0 Å². The summed E-state index contributed by atoms with van der Waals surface area (Å²) in [5, 5.41) is 0. The van der Waals surface area contributed by atoms with Crippen LogP contribution in [0, 0.1) is 19.7 Å². The van der Waals surface area contributed by atoms with E-state index in [1.165, 1.54) is 12.1 Å². The molecule has 1 aromatic carbocycles. The molecule has 0 aliphatic heterocycles. The number of pyridine rings is 1. The Morgan fingerprint density at radius 2 is 2.00 bits per heavy atom. The lowest BCUT2D eigenvalue weighted by molar-refractivity contribution is 0.460. The van der Waals surface area contributed by atoms with Crippen molar-refractivity contribution in [2.75, 3.05) is 5.73 Å². The molecule has 2 N–H and O–H groups in total. The molecule has 0 amide bonds. The zero-order valence-electron chi connectivity index (χ0n) is 9.70. The second-order valence-electron chi connectivity index (χ2n) is 3.92. The van der Waals surface area contributed by atoms with E-state index in [4.69, 9.17) is 10.5 Å². The van der Waals surface area contributed by atoms with Gasteiger partial charge in [0.1, 0.15) is 11.6 Å². The first-order valence-corrected chi connectivity index (χ1v) is 5.22. The molecule has 0 unspecified atom stereocenters. The van der Waals surface area contributed by atoms with Gasteiger partial charge < -0.3 is 10.5 Å². The molecular weight excluding hydrogens is 219 g/mol. The van der Waals surface area contributed by atoms with Crippen LogP contribution in [0.3, 0.4) is 0 Å². The van der Waals surface area contributed by atoms with Gasteiger partial charge in [-0.05, 0) is 49.2 Å². The molecule has 17 heavy (non-hydrogen) atoms. The number of rotatable bonds is 2. The molecule has 3 nitrogen and oxygen atoms in total. The zero-order valence-corrected chi connectivity index (χ0v) is 9.70. The fourth-order valence-electron chi connectivity index (χ4n) is 1.50. The Kier molecular flexibility index (Phi) is 2.95. The largest absolute Gasteiger partial charge is 0.437 e. The van der Waals surface area contributed by atoms with E-state index in [1.807, 2.05) is 6.92 Å². The highest BCUT2D eigenvalue weighted by Gasteiger charge is 2.07. The maximum Gasteiger partial charge on any atom is 0.242 e. The number of benzene rings is 1. The van der Waals surface area contributed by atoms with E-state index in [9.17, 15) is 4.39 Å². The molecule has 0 aliphatic carbocycles. The van der Waals surface area contributed by atoms with Crippen LogP contribution in [0.4, 0.5) is 10.1 Å². The van der Waals surface area contributed by atoms with Crippen molar-refractivity contribution in [3.8, 4) is 11.6 Å². The number of aromatic nitrogens is 1. The molecule has 0 saturated heterocycles. The molecule has 88 valence electrons. The number of nitrogens with two attached hydrogens (primary N) is 1. The SMILES string of the molecule is Cc1cnc(Oc2ccc(F)cc2C)c(N)c1. The van der Waals surface area contributed by atoms with Crippen LogP contribution in [0.15, 0.2) is 30.5 Å². The number of halogens is 1. The predicted octanol–water partition coefficient (Wildman–Crippen LogP) is 3.21. The van der Waals surface area contributed by atoms with E-state index in [0.717, 1.165) is 5.56 Å². The van der Waals surface area contributed by atoms with E-state index in [0.29, 0.717) is 22.9 Å². The molecule has 0 radical (unpaired) electrons. The van der Waals surface area contributed by atoms with Gasteiger partial charge in [0.2, 0.25) is 5.88 Å². The van der Waals surface area contributed by atoms with Crippen LogP contribution in [-0.4, -0.2) is 4.98 Å². The van der Waals surface area contributed by atoms with Crippen molar-refractivity contribution < 1.29 is 9.13 Å². The molecule has 4 heteroatoms. The van der Waals surface area contributed by atoms with Crippen LogP contribution in [-0.2, 0) is 0 Å². The second-order valence-corrected chi connectivity index (χ2v) is 3.92. The normalized spacial score (nSPS) is 10.3. The lowest BCUT2D eigenvalue weighted by atomic mass is 10.2. The van der Waals surface area contributed by atoms with Crippen molar-refractivity contribution in [3.05, 3.63) is 47.4 Å². The summed E-state index contributed by atoms with van der Waals surface area (Å²) in [7, 11) is 0. The number of aryl methyl sites for hydroxylation is 2. The van der Waals surface area contributed by atoms with Gasteiger partial charge in [-0.15, -0.1) is 0 Å². The summed E-state index contributed by atoms with van der Waals surface area (Å²) in [6, 6.07) is 6.08. The van der Waals surface area contributed by atoms with E-state index >= 15 is 0 Å². The molecule has 0 spiro atoms. The average molecular weight is 232 g/mol. The minimum absolute atomic E-state index is 0.292. The van der Waals surface area contributed by atoms with Gasteiger partial charge in [0.15, 0.2) is 0 Å². The summed E-state index contributed by atoms with van der Waals surface area (Å²) in [5.74, 6) is 0.597. The molecule has 1 heterocycles. The molecule has 2 rings (SSSR count). The first kappa shape index (κ1) is 11.4. The minimum atomic E-state index is -0.292. The van der Waals surface area contributed by atoms with Crippen LogP contribution >= 0.6 is 0 Å². The molecule has 0 saturated carbocycles. The molecule has 1 aromatic heterocycles. The molecule has 0 bridgehead atoms. The van der Waals surface area contributed by atoms with E-state index in [1.54, 1.807) is 25.3 Å². The molecular formula is C13H13FN2O. The summed E-state index contributed by atoms with van der Waals surface area (Å²) in [5.41, 5.74) is 7.92. The molecule has 2 aromatic rings. The van der Waals surface area contributed by atoms with Crippen LogP contribution in [0.2, 0.25) is 0 Å². The average Bonchev–Trinajstić information content (AvgIpc) is 2.25. The molecule has 0 atom stereocenters. The zero-order chi connectivity index (χ0) is 12.4. The summed E-state index contributed by atoms with van der Waals surface area (Å²) < 4.78 is 18.5. The van der Waals surface area contributed by atoms with Gasteiger partial charge >= 0.3 is 0 Å². The second kappa shape index (κ2) is 4.41. The Morgan fingerprint density at radius 1 is 1.24 bits per heavy atom. The van der Waals surface area contributed by atoms with E-state index < -0.39 is 0 Å². The van der Waals surface area contributed by atoms with Gasteiger partial charge in [0.25, 0.3) is 0 Å². The van der Waals surface area contributed by atoms with Crippen LogP contribution in [0.5, 0.6) is 11.6 Å². The smallest absolute Gasteiger partial charge is 0.242 e. The van der Waals surface area contributed by atoms with Crippen molar-refractivity contribution in [3.63, 3.8) is 0 Å². The number of hydrogen-bond donors (Lipinski definition) is 1. The highest BCUT2D eigenvalue weighted by molar-refractivity contribution is 5.51. The Labute approximate surface area is 99.1 Å². The van der Waals surface area contributed by atoms with E-state index in [2.05, 4.69) is 4.98 Å². The summed E-state index contributed by atoms with van der Waals surface area (Å²) in [6.45, 7) is 3.67. The lowest BCUT2D eigenvalue weighted by Gasteiger charge is -2.09. The lowest BCUT2D eigenvalue weighted by Crippen LogP contribution is -1.97. The standard InChI is InChI=1S/C13H13FN2O/c1-8-5-11(15)13(16-7-8)17-12-4-3-10(14)6-9(12)2/h3-7H,15H2,1-2H3. The summed E-state index contributed by atoms with van der Waals surface area (Å²) in [4.78, 5) is 4.10. The number of anilines is 1. The first-order valence-electron chi connectivity index (χ1n) is 5.22. The third-order valence-corrected chi connectivity index (χ3v) is 2.36. The topological polar surface area (TPSA) is 48.1 Å². The van der Waals surface area contributed by atoms with Crippen molar-refractivity contribution in [2.24, 2.45) is 0 Å². The molecule has 0 aliphatic rings. The number of hydrogen-bond acceptors (Lipinski definition) is 3. The highest BCUT2D eigenvalue weighted by Crippen LogP contribution is 2.28. The fraction of sp³-hybridized carbons (Fsp3) is 0.154. The van der Waals surface area contributed by atoms with Crippen LogP contribution in [0.1, 0.15) is 11.1 Å². The maximum absolute atomic E-state index is 12.9. The number of ether oxygens (including phenoxy) is 1. The van der Waals surface area contributed by atoms with E-state index in [-0.39, 0.29) is 5.82 Å². The quantitative estimate of drug-likeness (QED) is 0.864. The van der Waals surface area contributed by atoms with Crippen molar-refractivity contribution in [2.45, 2.75) is 13.8 Å². The fourth-order valence-corrected chi connectivity index (χ4v) is 1.50. The van der Waals surface area contributed by atoms with Crippen LogP contribution < -0.4 is 10.5 Å². The van der Waals surface area contributed by atoms with Gasteiger partial charge in [0.05, 0.1) is 5.69 Å². The highest BCUT2D eigenvalue weighted by atomic mass is 19.1. The maximum atomic E-state index is 12.9. The Hall–Kier alpha value is -2.10. The van der Waals surface area contributed by atoms with Crippen LogP contribution in [0.25, 0.3) is 0 Å². The summed E-state index contributed by atoms with van der Waals surface area (Å²) >= 11 is 0. The Morgan fingerprint density at radius 3 is 2.65 bits per heavy atom. The third-order valence-electron chi connectivity index (χ3n) is 2.36. The number of nitrogens with zero attached hydrogens (tertiary/aromatic N) is 1. The Bertz CT molecular complexity index is 506. The Balaban J connectivity index is 2.31.